The number of aryl methyl sites for hydroxylation is 2. The van der Waals surface area contributed by atoms with Crippen LogP contribution in [0.1, 0.15) is 61.4 Å². The van der Waals surface area contributed by atoms with Gasteiger partial charge in [-0.05, 0) is 79.3 Å². The average molecular weight is 713 g/mol. The summed E-state index contributed by atoms with van der Waals surface area (Å²) >= 11 is 0. The Balaban J connectivity index is 0.912. The molecule has 0 bridgehead atoms. The quantitative estimate of drug-likeness (QED) is 0.119. The zero-order valence-electron chi connectivity index (χ0n) is 29.8. The van der Waals surface area contributed by atoms with Gasteiger partial charge in [-0.1, -0.05) is 24.3 Å². The Morgan fingerprint density at radius 2 is 1.72 bits per heavy atom. The van der Waals surface area contributed by atoms with Gasteiger partial charge in [-0.15, -0.1) is 0 Å². The molecule has 8 rings (SSSR count). The maximum absolute atomic E-state index is 13.3. The molecule has 4 aliphatic rings. The monoisotopic (exact) mass is 712 g/mol. The number of anilines is 4. The molecule has 2 fully saturated rings. The lowest BCUT2D eigenvalue weighted by Gasteiger charge is -2.48. The Labute approximate surface area is 306 Å². The van der Waals surface area contributed by atoms with E-state index in [0.29, 0.717) is 34.8 Å². The van der Waals surface area contributed by atoms with Crippen LogP contribution in [0, 0.1) is 13.8 Å². The molecule has 4 aliphatic heterocycles. The van der Waals surface area contributed by atoms with Crippen molar-refractivity contribution < 1.29 is 19.2 Å². The number of aromatic nitrogens is 2. The number of para-hydroxylation sites is 1. The van der Waals surface area contributed by atoms with E-state index in [1.807, 2.05) is 44.2 Å². The molecule has 4 aromatic rings. The number of hydrogen-bond donors (Lipinski definition) is 4. The molecular formula is C39H40N10O4. The van der Waals surface area contributed by atoms with E-state index in [0.717, 1.165) is 65.7 Å². The van der Waals surface area contributed by atoms with Crippen LogP contribution in [-0.2, 0) is 22.6 Å². The number of aliphatic imine (C=N–C) groups is 1. The van der Waals surface area contributed by atoms with Crippen molar-refractivity contribution in [3.63, 3.8) is 0 Å². The fourth-order valence-corrected chi connectivity index (χ4v) is 7.63. The number of carbonyl (C=O) groups is 4. The molecule has 0 aliphatic carbocycles. The van der Waals surface area contributed by atoms with Crippen molar-refractivity contribution in [2.45, 2.75) is 51.7 Å². The molecule has 5 N–H and O–H groups in total. The minimum Gasteiger partial charge on any atom is -0.383 e. The lowest BCUT2D eigenvalue weighted by atomic mass is 9.95. The fourth-order valence-electron chi connectivity index (χ4n) is 7.63. The molecular weight excluding hydrogens is 672 g/mol. The number of imide groups is 2. The molecule has 3 aromatic carbocycles. The number of amidine groups is 1. The van der Waals surface area contributed by atoms with Gasteiger partial charge < -0.3 is 21.3 Å². The van der Waals surface area contributed by atoms with E-state index >= 15 is 0 Å². The molecule has 2 saturated heterocycles. The third-order valence-electron chi connectivity index (χ3n) is 10.6. The number of nitrogens with zero attached hydrogens (tertiary/aromatic N) is 6. The second-order valence-corrected chi connectivity index (χ2v) is 14.0. The average Bonchev–Trinajstić information content (AvgIpc) is 3.37. The minimum atomic E-state index is -0.980. The summed E-state index contributed by atoms with van der Waals surface area (Å²) in [4.78, 5) is 70.1. The second kappa shape index (κ2) is 13.4. The van der Waals surface area contributed by atoms with Crippen LogP contribution >= 0.6 is 0 Å². The molecule has 5 heterocycles. The third kappa shape index (κ3) is 6.24. The largest absolute Gasteiger partial charge is 0.383 e. The summed E-state index contributed by atoms with van der Waals surface area (Å²) in [5, 5.41) is 8.73. The van der Waals surface area contributed by atoms with Gasteiger partial charge in [0, 0.05) is 63.3 Å². The summed E-state index contributed by atoms with van der Waals surface area (Å²) in [5.41, 5.74) is 14.8. The number of nitrogens with two attached hydrogens (primary N) is 1. The Morgan fingerprint density at radius 3 is 2.47 bits per heavy atom. The van der Waals surface area contributed by atoms with Crippen LogP contribution in [0.4, 0.5) is 28.8 Å². The summed E-state index contributed by atoms with van der Waals surface area (Å²) < 4.78 is 0. The standard InChI is InChI=1S/C39H40N10O4/c1-21-5-4-6-22(2)33(21)45-34(40)30-17-42-39(46-35(30)41-3)43-25-8-7-23-13-14-47(18-24(23)15-25)27-19-48(20-27)26-9-10-28-29(16-26)38(53)49(37(28)52)31-11-12-32(50)44-36(31)51/h4-10,15-17,27,31H,11-14,18-20H2,1-3H3,(H2,40,45)(H,44,50,51)(H2,41,42,43,46). The van der Waals surface area contributed by atoms with Crippen LogP contribution in [0.3, 0.4) is 0 Å². The van der Waals surface area contributed by atoms with Crippen molar-refractivity contribution in [1.29, 1.82) is 0 Å². The number of hydrogen-bond acceptors (Lipinski definition) is 11. The normalized spacial score (nSPS) is 19.2. The number of amides is 4. The van der Waals surface area contributed by atoms with Gasteiger partial charge in [-0.3, -0.25) is 34.3 Å². The number of piperidine rings is 1. The molecule has 14 nitrogen and oxygen atoms in total. The number of fused-ring (bicyclic) bond motifs is 2. The van der Waals surface area contributed by atoms with Crippen molar-refractivity contribution in [3.8, 4) is 0 Å². The van der Waals surface area contributed by atoms with Crippen LogP contribution in [0.5, 0.6) is 0 Å². The predicted octanol–water partition coefficient (Wildman–Crippen LogP) is 3.56. The summed E-state index contributed by atoms with van der Waals surface area (Å²) in [7, 11) is 1.79. The van der Waals surface area contributed by atoms with Gasteiger partial charge >= 0.3 is 0 Å². The first-order valence-electron chi connectivity index (χ1n) is 17.8. The lowest BCUT2D eigenvalue weighted by Crippen LogP contribution is -2.60. The van der Waals surface area contributed by atoms with Crippen molar-refractivity contribution in [3.05, 3.63) is 99.7 Å². The number of rotatable bonds is 8. The minimum absolute atomic E-state index is 0.0876. The van der Waals surface area contributed by atoms with Crippen molar-refractivity contribution >= 4 is 58.3 Å². The van der Waals surface area contributed by atoms with Crippen LogP contribution in [0.2, 0.25) is 0 Å². The van der Waals surface area contributed by atoms with Gasteiger partial charge in [0.15, 0.2) is 0 Å². The van der Waals surface area contributed by atoms with Gasteiger partial charge in [0.05, 0.1) is 22.4 Å². The first kappa shape index (κ1) is 34.0. The topological polar surface area (TPSA) is 178 Å². The van der Waals surface area contributed by atoms with Crippen LogP contribution in [-0.4, -0.2) is 88.0 Å². The van der Waals surface area contributed by atoms with Crippen molar-refractivity contribution in [2.24, 2.45) is 10.7 Å². The number of benzene rings is 3. The Kier molecular flexibility index (Phi) is 8.61. The van der Waals surface area contributed by atoms with Gasteiger partial charge in [0.1, 0.15) is 17.7 Å². The van der Waals surface area contributed by atoms with E-state index in [2.05, 4.69) is 42.9 Å². The molecule has 270 valence electrons. The highest BCUT2D eigenvalue weighted by Gasteiger charge is 2.45. The maximum atomic E-state index is 13.3. The molecule has 1 aromatic heterocycles. The van der Waals surface area contributed by atoms with Gasteiger partial charge in [0.2, 0.25) is 17.8 Å². The summed E-state index contributed by atoms with van der Waals surface area (Å²) in [6.07, 6.45) is 2.83. The van der Waals surface area contributed by atoms with E-state index < -0.39 is 29.7 Å². The Hall–Kier alpha value is -6.15. The molecule has 14 heteroatoms. The van der Waals surface area contributed by atoms with Crippen LogP contribution in [0.15, 0.2) is 65.8 Å². The predicted molar refractivity (Wildman–Crippen MR) is 201 cm³/mol. The molecule has 1 atom stereocenters. The van der Waals surface area contributed by atoms with E-state index in [1.54, 1.807) is 25.4 Å². The molecule has 0 radical (unpaired) electrons. The summed E-state index contributed by atoms with van der Waals surface area (Å²) in [6.45, 7) is 7.33. The zero-order valence-corrected chi connectivity index (χ0v) is 29.8. The Morgan fingerprint density at radius 1 is 0.943 bits per heavy atom. The summed E-state index contributed by atoms with van der Waals surface area (Å²) in [6, 6.07) is 17.0. The van der Waals surface area contributed by atoms with Gasteiger partial charge in [-0.25, -0.2) is 9.98 Å². The Bertz CT molecular complexity index is 2210. The van der Waals surface area contributed by atoms with Crippen LogP contribution in [0.25, 0.3) is 0 Å². The smallest absolute Gasteiger partial charge is 0.262 e. The van der Waals surface area contributed by atoms with E-state index in [4.69, 9.17) is 15.7 Å². The molecule has 0 saturated carbocycles. The van der Waals surface area contributed by atoms with E-state index in [9.17, 15) is 19.2 Å². The fraction of sp³-hybridized carbons (Fsp3) is 0.308. The van der Waals surface area contributed by atoms with Gasteiger partial charge in [0.25, 0.3) is 11.8 Å². The van der Waals surface area contributed by atoms with Crippen molar-refractivity contribution in [2.75, 3.05) is 42.2 Å². The summed E-state index contributed by atoms with van der Waals surface area (Å²) in [5.74, 6) is -0.660. The maximum Gasteiger partial charge on any atom is 0.262 e. The first-order chi connectivity index (χ1) is 25.6. The lowest BCUT2D eigenvalue weighted by molar-refractivity contribution is -0.136. The van der Waals surface area contributed by atoms with Crippen molar-refractivity contribution in [1.82, 2.24) is 25.1 Å². The molecule has 53 heavy (non-hydrogen) atoms. The van der Waals surface area contributed by atoms with Gasteiger partial charge in [-0.2, -0.15) is 4.98 Å². The molecule has 1 unspecified atom stereocenters. The molecule has 0 spiro atoms. The van der Waals surface area contributed by atoms with E-state index in [1.165, 1.54) is 11.1 Å². The highest BCUT2D eigenvalue weighted by molar-refractivity contribution is 6.23. The highest BCUT2D eigenvalue weighted by atomic mass is 16.2. The van der Waals surface area contributed by atoms with Crippen LogP contribution < -0.4 is 26.6 Å². The molecule has 4 amide bonds. The third-order valence-corrected chi connectivity index (χ3v) is 10.6. The SMILES string of the molecule is CNc1nc(Nc2ccc3c(c2)CN(C2CN(c4ccc5c(c4)C(=O)N(C4CCC(=O)NC4=O)C5=O)C2)CC3)ncc1C(N)=Nc1c(C)cccc1C. The number of nitrogens with one attached hydrogen (secondary N) is 3. The zero-order chi connectivity index (χ0) is 37.0. The number of carbonyl (C=O) groups excluding carboxylic acids is 4. The first-order valence-corrected chi connectivity index (χ1v) is 17.8. The van der Waals surface area contributed by atoms with E-state index in [-0.39, 0.29) is 18.4 Å². The highest BCUT2D eigenvalue weighted by Crippen LogP contribution is 2.34. The second-order valence-electron chi connectivity index (χ2n) is 14.0.